The van der Waals surface area contributed by atoms with Crippen LogP contribution in [0.2, 0.25) is 0 Å². The predicted molar refractivity (Wildman–Crippen MR) is 103 cm³/mol. The maximum Gasteiger partial charge on any atom is 0.417 e. The molecule has 2 aromatic heterocycles. The van der Waals surface area contributed by atoms with Crippen molar-refractivity contribution < 1.29 is 38.1 Å². The van der Waals surface area contributed by atoms with Crippen molar-refractivity contribution in [3.8, 4) is 11.3 Å². The Kier molecular flexibility index (Phi) is 8.27. The van der Waals surface area contributed by atoms with Crippen molar-refractivity contribution in [3.05, 3.63) is 114 Å². The number of benzene rings is 2. The number of carbonyl (C=O) groups excluding carboxylic acids is 1. The summed E-state index contributed by atoms with van der Waals surface area (Å²) in [7, 11) is 0. The Morgan fingerprint density at radius 2 is 1.63 bits per heavy atom. The van der Waals surface area contributed by atoms with Gasteiger partial charge in [0.15, 0.2) is 5.78 Å². The average molecular weight is 585 g/mol. The van der Waals surface area contributed by atoms with E-state index < -0.39 is 11.7 Å². The molecule has 1 radical (unpaired) electrons. The van der Waals surface area contributed by atoms with Gasteiger partial charge >= 0.3 is 6.18 Å². The number of aromatic nitrogens is 2. The summed E-state index contributed by atoms with van der Waals surface area (Å²) < 4.78 is 36.8. The Bertz CT molecular complexity index is 1030. The number of nitrogens with zero attached hydrogens (tertiary/aromatic N) is 2. The Morgan fingerprint density at radius 1 is 0.900 bits per heavy atom. The fourth-order valence-corrected chi connectivity index (χ4v) is 2.45. The molecule has 30 heavy (non-hydrogen) atoms. The van der Waals surface area contributed by atoms with E-state index >= 15 is 0 Å². The van der Waals surface area contributed by atoms with Crippen molar-refractivity contribution in [1.29, 1.82) is 0 Å². The summed E-state index contributed by atoms with van der Waals surface area (Å²) in [6.07, 6.45) is -1.89. The topological polar surface area (TPSA) is 44.1 Å². The van der Waals surface area contributed by atoms with Gasteiger partial charge in [-0.2, -0.15) is 19.4 Å². The van der Waals surface area contributed by atoms with Crippen LogP contribution in [0.4, 0.5) is 13.2 Å². The molecule has 0 spiro atoms. The van der Waals surface area contributed by atoms with Crippen LogP contribution < -0.4 is 4.98 Å². The molecule has 155 valence electrons. The number of pyridine rings is 1. The average Bonchev–Trinajstić information content (AvgIpc) is 3.29. The summed E-state index contributed by atoms with van der Waals surface area (Å²) >= 11 is 0. The van der Waals surface area contributed by atoms with Crippen LogP contribution in [0.3, 0.4) is 0 Å². The van der Waals surface area contributed by atoms with Gasteiger partial charge in [0.1, 0.15) is 0 Å². The van der Waals surface area contributed by atoms with Crippen LogP contribution in [0, 0.1) is 6.07 Å². The zero-order chi connectivity index (χ0) is 20.7. The molecule has 2 heterocycles. The van der Waals surface area contributed by atoms with Crippen molar-refractivity contribution in [2.24, 2.45) is 0 Å². The van der Waals surface area contributed by atoms with Crippen LogP contribution in [0.15, 0.2) is 91.3 Å². The summed E-state index contributed by atoms with van der Waals surface area (Å²) in [6.45, 7) is 0. The van der Waals surface area contributed by atoms with E-state index in [1.807, 2.05) is 18.2 Å². The zero-order valence-corrected chi connectivity index (χ0v) is 17.8. The molecule has 0 fully saturated rings. The van der Waals surface area contributed by atoms with Crippen molar-refractivity contribution in [3.63, 3.8) is 0 Å². The smallest absolute Gasteiger partial charge is 0.417 e. The Labute approximate surface area is 185 Å². The minimum absolute atomic E-state index is 0. The van der Waals surface area contributed by atoms with Crippen molar-refractivity contribution in [1.82, 2.24) is 9.97 Å². The van der Waals surface area contributed by atoms with Crippen LogP contribution >= 0.6 is 0 Å². The molecule has 7 heteroatoms. The fraction of sp³-hybridized carbons (Fsp3) is 0.0435. The van der Waals surface area contributed by atoms with E-state index in [4.69, 9.17) is 0 Å². The molecular weight excluding hydrogens is 569 g/mol. The maximum atomic E-state index is 12.3. The van der Waals surface area contributed by atoms with Gasteiger partial charge in [-0.1, -0.05) is 60.3 Å². The molecule has 0 saturated heterocycles. The van der Waals surface area contributed by atoms with Gasteiger partial charge in [0.05, 0.1) is 5.56 Å². The van der Waals surface area contributed by atoms with E-state index in [1.165, 1.54) is 6.07 Å². The second kappa shape index (κ2) is 10.7. The molecule has 4 rings (SSSR count). The van der Waals surface area contributed by atoms with E-state index in [1.54, 1.807) is 54.7 Å². The zero-order valence-electron chi connectivity index (χ0n) is 15.4. The van der Waals surface area contributed by atoms with E-state index in [0.29, 0.717) is 22.5 Å². The van der Waals surface area contributed by atoms with Gasteiger partial charge in [0.2, 0.25) is 0 Å². The third-order valence-corrected chi connectivity index (χ3v) is 3.90. The monoisotopic (exact) mass is 585 g/mol. The summed E-state index contributed by atoms with van der Waals surface area (Å²) in [5.74, 6) is -0.0226. The number of rotatable bonds is 3. The molecule has 2 aromatic carbocycles. The second-order valence-corrected chi connectivity index (χ2v) is 5.92. The summed E-state index contributed by atoms with van der Waals surface area (Å²) in [4.78, 5) is 19.4. The van der Waals surface area contributed by atoms with Gasteiger partial charge in [-0.3, -0.25) is 4.79 Å². The summed E-state index contributed by atoms with van der Waals surface area (Å²) in [6, 6.07) is 24.9. The predicted octanol–water partition coefficient (Wildman–Crippen LogP) is 5.44. The quantitative estimate of drug-likeness (QED) is 0.238. The molecule has 0 unspecified atom stereocenters. The van der Waals surface area contributed by atoms with Crippen molar-refractivity contribution in [2.75, 3.05) is 0 Å². The molecule has 3 nitrogen and oxygen atoms in total. The fourth-order valence-electron chi connectivity index (χ4n) is 2.45. The summed E-state index contributed by atoms with van der Waals surface area (Å²) in [5.41, 5.74) is 1.60. The molecule has 4 aromatic rings. The van der Waals surface area contributed by atoms with Crippen LogP contribution in [0.5, 0.6) is 0 Å². The number of alkyl halides is 3. The van der Waals surface area contributed by atoms with Gasteiger partial charge in [0.25, 0.3) is 0 Å². The number of hydrogen-bond donors (Lipinski definition) is 0. The van der Waals surface area contributed by atoms with Gasteiger partial charge in [0, 0.05) is 31.9 Å². The van der Waals surface area contributed by atoms with Crippen LogP contribution in [-0.4, -0.2) is 10.8 Å². The maximum absolute atomic E-state index is 12.3. The van der Waals surface area contributed by atoms with Crippen LogP contribution in [-0.2, 0) is 26.3 Å². The molecule has 0 N–H and O–H groups in total. The van der Waals surface area contributed by atoms with Crippen molar-refractivity contribution >= 4 is 5.78 Å². The Hall–Kier alpha value is -3.02. The normalized spacial score (nSPS) is 10.4. The standard InChI is InChI=1S/C12H7F3N.C11H9NO.Ir/c13-12(14,15)10-6-7-11(16-8-10)9-4-2-1-3-5-9;13-11(10-7-4-8-12-10)9-5-2-1-3-6-9;/h1-4,6-8H;1-8H,(H,12,13);/q-1;;/p-1. The third-order valence-electron chi connectivity index (χ3n) is 3.90. The van der Waals surface area contributed by atoms with Gasteiger partial charge in [-0.15, -0.1) is 35.9 Å². The SMILES string of the molecule is FC(F)(F)c1ccc(-c2[c-]cccc2)nc1.O=C(c1ccccc1)c1ccc[n-]1.[Ir]. The van der Waals surface area contributed by atoms with E-state index in [2.05, 4.69) is 16.0 Å². The van der Waals surface area contributed by atoms with E-state index in [9.17, 15) is 18.0 Å². The van der Waals surface area contributed by atoms with E-state index in [0.717, 1.165) is 12.3 Å². The number of ketones is 1. The molecule has 0 saturated carbocycles. The Morgan fingerprint density at radius 3 is 2.17 bits per heavy atom. The molecule has 0 atom stereocenters. The first-order chi connectivity index (χ1) is 13.9. The number of halogens is 3. The van der Waals surface area contributed by atoms with Crippen molar-refractivity contribution in [2.45, 2.75) is 6.18 Å². The van der Waals surface area contributed by atoms with Crippen LogP contribution in [0.25, 0.3) is 11.3 Å². The van der Waals surface area contributed by atoms with Gasteiger partial charge in [-0.25, -0.2) is 0 Å². The first-order valence-corrected chi connectivity index (χ1v) is 8.63. The molecule has 0 bridgehead atoms. The third kappa shape index (κ3) is 6.24. The largest absolute Gasteiger partial charge is 0.661 e. The first-order valence-electron chi connectivity index (χ1n) is 8.63. The van der Waals surface area contributed by atoms with Gasteiger partial charge < -0.3 is 9.97 Å². The molecular formula is C23H15F3IrN2O-2. The number of hydrogen-bond acceptors (Lipinski definition) is 2. The summed E-state index contributed by atoms with van der Waals surface area (Å²) in [5, 5.41) is 0. The van der Waals surface area contributed by atoms with Crippen LogP contribution in [0.1, 0.15) is 21.6 Å². The second-order valence-electron chi connectivity index (χ2n) is 5.92. The van der Waals surface area contributed by atoms with E-state index in [-0.39, 0.29) is 25.9 Å². The minimum atomic E-state index is -4.34. The minimum Gasteiger partial charge on any atom is -0.661 e. The molecule has 0 aliphatic rings. The molecule has 0 amide bonds. The molecule has 0 aliphatic carbocycles. The molecule has 0 aliphatic heterocycles. The van der Waals surface area contributed by atoms with Gasteiger partial charge in [-0.05, 0) is 5.69 Å². The first kappa shape index (κ1) is 23.3. The Balaban J connectivity index is 0.000000211. The number of carbonyl (C=O) groups is 1.